The van der Waals surface area contributed by atoms with Gasteiger partial charge in [-0.2, -0.15) is 0 Å². The number of hydrogen-bond acceptors (Lipinski definition) is 5. The zero-order chi connectivity index (χ0) is 25.0. The van der Waals surface area contributed by atoms with E-state index in [1.807, 2.05) is 31.2 Å². The fraction of sp³-hybridized carbons (Fsp3) is 0.444. The molecule has 2 atom stereocenters. The van der Waals surface area contributed by atoms with Crippen LogP contribution in [-0.4, -0.2) is 55.0 Å². The topological polar surface area (TPSA) is 114 Å². The Bertz CT molecular complexity index is 1050. The third-order valence-corrected chi connectivity index (χ3v) is 6.98. The Morgan fingerprint density at radius 3 is 2.20 bits per heavy atom. The van der Waals surface area contributed by atoms with Gasteiger partial charge in [-0.05, 0) is 47.9 Å². The summed E-state index contributed by atoms with van der Waals surface area (Å²) >= 11 is 0. The minimum Gasteiger partial charge on any atom is -0.480 e. The number of ether oxygens (including phenoxy) is 2. The van der Waals surface area contributed by atoms with E-state index < -0.39 is 29.6 Å². The van der Waals surface area contributed by atoms with E-state index in [-0.39, 0.29) is 37.9 Å². The lowest BCUT2D eigenvalue weighted by Crippen LogP contribution is -2.52. The van der Waals surface area contributed by atoms with E-state index in [0.717, 1.165) is 35.1 Å². The third kappa shape index (κ3) is 5.65. The average molecular weight is 481 g/mol. The molecule has 8 heteroatoms. The first-order valence-electron chi connectivity index (χ1n) is 12.0. The molecule has 2 unspecified atom stereocenters. The summed E-state index contributed by atoms with van der Waals surface area (Å²) in [4.78, 5) is 37.0. The highest BCUT2D eigenvalue weighted by molar-refractivity contribution is 5.85. The molecule has 1 fully saturated rings. The Morgan fingerprint density at radius 2 is 1.66 bits per heavy atom. The molecule has 0 aliphatic heterocycles. The largest absolute Gasteiger partial charge is 0.480 e. The fourth-order valence-corrected chi connectivity index (χ4v) is 4.95. The summed E-state index contributed by atoms with van der Waals surface area (Å²) in [6, 6.07) is 15.2. The highest BCUT2D eigenvalue weighted by Gasteiger charge is 2.45. The van der Waals surface area contributed by atoms with Crippen LogP contribution in [0.2, 0.25) is 0 Å². The molecule has 2 aromatic rings. The molecule has 2 aromatic carbocycles. The Labute approximate surface area is 205 Å². The number of amides is 2. The Morgan fingerprint density at radius 1 is 1.06 bits per heavy atom. The molecule has 0 saturated heterocycles. The Balaban J connectivity index is 1.38. The van der Waals surface area contributed by atoms with Crippen LogP contribution in [0.25, 0.3) is 11.1 Å². The van der Waals surface area contributed by atoms with Crippen LogP contribution in [0.1, 0.15) is 49.7 Å². The lowest BCUT2D eigenvalue weighted by Gasteiger charge is -2.31. The second kappa shape index (κ2) is 10.5. The van der Waals surface area contributed by atoms with Gasteiger partial charge < -0.3 is 25.2 Å². The number of carbonyl (C=O) groups is 3. The molecule has 2 aliphatic carbocycles. The van der Waals surface area contributed by atoms with E-state index in [2.05, 4.69) is 34.9 Å². The number of rotatable bonds is 11. The lowest BCUT2D eigenvalue weighted by atomic mass is 9.91. The van der Waals surface area contributed by atoms with Crippen LogP contribution in [0, 0.1) is 5.92 Å². The number of aliphatic carboxylic acids is 1. The quantitative estimate of drug-likeness (QED) is 0.452. The molecule has 0 radical (unpaired) electrons. The molecule has 1 saturated carbocycles. The molecule has 2 aliphatic rings. The number of benzene rings is 2. The SMILES string of the molecule is COCCC(NC(=O)CC(C)(NC(=O)OCC1c2ccccc2-c2ccccc21)C1CC1)C(=O)O. The van der Waals surface area contributed by atoms with E-state index in [4.69, 9.17) is 9.47 Å². The minimum absolute atomic E-state index is 0.0291. The van der Waals surface area contributed by atoms with E-state index in [0.29, 0.717) is 0 Å². The van der Waals surface area contributed by atoms with Crippen molar-refractivity contribution in [2.45, 2.75) is 50.1 Å². The van der Waals surface area contributed by atoms with Crippen molar-refractivity contribution < 1.29 is 29.0 Å². The van der Waals surface area contributed by atoms with Gasteiger partial charge >= 0.3 is 12.1 Å². The van der Waals surface area contributed by atoms with Gasteiger partial charge in [0.05, 0.1) is 5.54 Å². The van der Waals surface area contributed by atoms with Crippen molar-refractivity contribution in [3.8, 4) is 11.1 Å². The first-order valence-corrected chi connectivity index (χ1v) is 12.0. The van der Waals surface area contributed by atoms with E-state index in [9.17, 15) is 19.5 Å². The fourth-order valence-electron chi connectivity index (χ4n) is 4.95. The second-order valence-electron chi connectivity index (χ2n) is 9.56. The van der Waals surface area contributed by atoms with Gasteiger partial charge in [0.1, 0.15) is 12.6 Å². The van der Waals surface area contributed by atoms with Crippen LogP contribution in [0.4, 0.5) is 4.79 Å². The number of fused-ring (bicyclic) bond motifs is 3. The molecule has 0 bridgehead atoms. The first kappa shape index (κ1) is 24.7. The lowest BCUT2D eigenvalue weighted by molar-refractivity contribution is -0.142. The minimum atomic E-state index is -1.12. The van der Waals surface area contributed by atoms with Gasteiger partial charge in [0.15, 0.2) is 0 Å². The van der Waals surface area contributed by atoms with Crippen LogP contribution < -0.4 is 10.6 Å². The number of carboxylic acid groups (broad SMARTS) is 1. The van der Waals surface area contributed by atoms with Gasteiger partial charge in [0.2, 0.25) is 5.91 Å². The van der Waals surface area contributed by atoms with Gasteiger partial charge in [-0.15, -0.1) is 0 Å². The van der Waals surface area contributed by atoms with Gasteiger partial charge in [-0.25, -0.2) is 9.59 Å². The van der Waals surface area contributed by atoms with Crippen molar-refractivity contribution in [3.63, 3.8) is 0 Å². The predicted molar refractivity (Wildman–Crippen MR) is 130 cm³/mol. The molecule has 0 aromatic heterocycles. The summed E-state index contributed by atoms with van der Waals surface area (Å²) in [5.74, 6) is -1.47. The number of carbonyl (C=O) groups excluding carboxylic acids is 2. The molecule has 186 valence electrons. The van der Waals surface area contributed by atoms with E-state index in [1.165, 1.54) is 7.11 Å². The van der Waals surface area contributed by atoms with Crippen LogP contribution in [0.3, 0.4) is 0 Å². The van der Waals surface area contributed by atoms with E-state index in [1.54, 1.807) is 0 Å². The molecule has 0 spiro atoms. The van der Waals surface area contributed by atoms with Crippen LogP contribution in [-0.2, 0) is 19.1 Å². The van der Waals surface area contributed by atoms with Gasteiger partial charge in [-0.3, -0.25) is 4.79 Å². The van der Waals surface area contributed by atoms with Crippen molar-refractivity contribution in [1.29, 1.82) is 0 Å². The maximum absolute atomic E-state index is 12.8. The zero-order valence-electron chi connectivity index (χ0n) is 20.1. The van der Waals surface area contributed by atoms with Crippen molar-refractivity contribution in [2.24, 2.45) is 5.92 Å². The molecule has 4 rings (SSSR count). The number of methoxy groups -OCH3 is 1. The van der Waals surface area contributed by atoms with E-state index >= 15 is 0 Å². The molecule has 8 nitrogen and oxygen atoms in total. The summed E-state index contributed by atoms with van der Waals surface area (Å²) in [5.41, 5.74) is 3.73. The number of hydrogen-bond donors (Lipinski definition) is 3. The molecule has 2 amide bonds. The molecule has 0 heterocycles. The third-order valence-electron chi connectivity index (χ3n) is 6.98. The van der Waals surface area contributed by atoms with Crippen molar-refractivity contribution in [1.82, 2.24) is 10.6 Å². The van der Waals surface area contributed by atoms with Crippen LogP contribution >= 0.6 is 0 Å². The second-order valence-corrected chi connectivity index (χ2v) is 9.56. The zero-order valence-corrected chi connectivity index (χ0v) is 20.1. The highest BCUT2D eigenvalue weighted by atomic mass is 16.5. The molecule has 35 heavy (non-hydrogen) atoms. The van der Waals surface area contributed by atoms with Gasteiger partial charge in [0, 0.05) is 32.5 Å². The maximum atomic E-state index is 12.8. The monoisotopic (exact) mass is 480 g/mol. The van der Waals surface area contributed by atoms with Crippen molar-refractivity contribution in [2.75, 3.05) is 20.3 Å². The van der Waals surface area contributed by atoms with Gasteiger partial charge in [-0.1, -0.05) is 48.5 Å². The summed E-state index contributed by atoms with van der Waals surface area (Å²) < 4.78 is 10.6. The van der Waals surface area contributed by atoms with Crippen molar-refractivity contribution in [3.05, 3.63) is 59.7 Å². The van der Waals surface area contributed by atoms with Crippen molar-refractivity contribution >= 4 is 18.0 Å². The first-order chi connectivity index (χ1) is 16.8. The number of nitrogens with one attached hydrogen (secondary N) is 2. The summed E-state index contributed by atoms with van der Waals surface area (Å²) in [6.07, 6.45) is 1.33. The summed E-state index contributed by atoms with van der Waals surface area (Å²) in [7, 11) is 1.48. The van der Waals surface area contributed by atoms with Crippen LogP contribution in [0.15, 0.2) is 48.5 Å². The summed E-state index contributed by atoms with van der Waals surface area (Å²) in [6.45, 7) is 2.22. The smallest absolute Gasteiger partial charge is 0.407 e. The highest BCUT2D eigenvalue weighted by Crippen LogP contribution is 2.45. The molecular formula is C27H32N2O6. The summed E-state index contributed by atoms with van der Waals surface area (Å²) in [5, 5.41) is 14.8. The number of carboxylic acids is 1. The molecular weight excluding hydrogens is 448 g/mol. The Hall–Kier alpha value is -3.39. The average Bonchev–Trinajstić information content (AvgIpc) is 3.64. The predicted octanol–water partition coefficient (Wildman–Crippen LogP) is 3.69. The Kier molecular flexibility index (Phi) is 7.40. The maximum Gasteiger partial charge on any atom is 0.407 e. The number of alkyl carbamates (subject to hydrolysis) is 1. The standard InChI is InChI=1S/C27H32N2O6/c1-27(17-11-12-17,15-24(30)28-23(25(31)32)13-14-34-2)29-26(33)35-16-22-20-9-5-3-7-18(20)19-8-4-6-10-21(19)22/h3-10,17,22-23H,11-16H2,1-2H3,(H,28,30)(H,29,33)(H,31,32). The van der Waals surface area contributed by atoms with Gasteiger partial charge in [0.25, 0.3) is 0 Å². The normalized spacial score (nSPS) is 17.0. The van der Waals surface area contributed by atoms with Crippen LogP contribution in [0.5, 0.6) is 0 Å². The molecule has 3 N–H and O–H groups in total.